The van der Waals surface area contributed by atoms with Gasteiger partial charge in [0.15, 0.2) is 23.1 Å². The van der Waals surface area contributed by atoms with E-state index in [1.165, 1.54) is 0 Å². The lowest BCUT2D eigenvalue weighted by Gasteiger charge is -2.40. The van der Waals surface area contributed by atoms with Crippen molar-refractivity contribution in [2.45, 2.75) is 37.4 Å². The molecule has 13 heteroatoms. The van der Waals surface area contributed by atoms with Gasteiger partial charge in [0.25, 0.3) is 0 Å². The van der Waals surface area contributed by atoms with E-state index in [0.29, 0.717) is 6.07 Å². The van der Waals surface area contributed by atoms with E-state index in [1.54, 1.807) is 0 Å². The van der Waals surface area contributed by atoms with Crippen molar-refractivity contribution in [2.75, 3.05) is 6.61 Å². The summed E-state index contributed by atoms with van der Waals surface area (Å²) >= 11 is 0. The molecular formula is C22H20O13. The molecule has 1 aliphatic carbocycles. The van der Waals surface area contributed by atoms with E-state index in [9.17, 15) is 60.3 Å². The maximum Gasteiger partial charge on any atom is 0.339 e. The third-order valence-electron chi connectivity index (χ3n) is 6.33. The van der Waals surface area contributed by atoms with E-state index >= 15 is 0 Å². The summed E-state index contributed by atoms with van der Waals surface area (Å²) in [5, 5.41) is 91.5. The number of aliphatic hydroxyl groups excluding tert-OH is 4. The number of aromatic hydroxyl groups is 4. The predicted octanol–water partition coefficient (Wildman–Crippen LogP) is -1.19. The summed E-state index contributed by atoms with van der Waals surface area (Å²) in [6, 6.07) is 0.716. The van der Waals surface area contributed by atoms with Crippen LogP contribution in [0.15, 0.2) is 6.07 Å². The molecule has 0 radical (unpaired) electrons. The van der Waals surface area contributed by atoms with Gasteiger partial charge in [-0.2, -0.15) is 0 Å². The Morgan fingerprint density at radius 1 is 0.886 bits per heavy atom. The summed E-state index contributed by atoms with van der Waals surface area (Å²) in [5.41, 5.74) is -4.49. The van der Waals surface area contributed by atoms with E-state index in [-0.39, 0.29) is 5.56 Å². The number of phenolic OH excluding ortho intramolecular Hbond substituents is 3. The molecule has 0 aromatic heterocycles. The third kappa shape index (κ3) is 3.25. The average molecular weight is 492 g/mol. The maximum absolute atomic E-state index is 13.4. The van der Waals surface area contributed by atoms with Crippen molar-refractivity contribution < 1.29 is 65.1 Å². The number of aliphatic hydroxyl groups is 4. The highest BCUT2D eigenvalue weighted by Gasteiger charge is 2.48. The zero-order valence-corrected chi connectivity index (χ0v) is 17.8. The van der Waals surface area contributed by atoms with Gasteiger partial charge in [0.05, 0.1) is 23.3 Å². The summed E-state index contributed by atoms with van der Waals surface area (Å²) in [6.45, 7) is 0.291. The normalized spacial score (nSPS) is 25.8. The van der Waals surface area contributed by atoms with Crippen molar-refractivity contribution in [3.63, 3.8) is 0 Å². The first kappa shape index (κ1) is 24.4. The van der Waals surface area contributed by atoms with Crippen LogP contribution in [0.5, 0.6) is 23.0 Å². The molecule has 1 saturated heterocycles. The van der Waals surface area contributed by atoms with Gasteiger partial charge in [-0.1, -0.05) is 0 Å². The molecule has 5 atom stereocenters. The van der Waals surface area contributed by atoms with Gasteiger partial charge in [0, 0.05) is 11.1 Å². The number of carbonyl (C=O) groups excluding carboxylic acids is 2. The van der Waals surface area contributed by atoms with Gasteiger partial charge in [0.1, 0.15) is 47.6 Å². The van der Waals surface area contributed by atoms with E-state index in [1.807, 2.05) is 0 Å². The summed E-state index contributed by atoms with van der Waals surface area (Å²) in [4.78, 5) is 38.1. The number of carboxylic acids is 1. The van der Waals surface area contributed by atoms with Gasteiger partial charge in [-0.05, 0) is 18.6 Å². The second kappa shape index (κ2) is 8.18. The van der Waals surface area contributed by atoms with Crippen LogP contribution < -0.4 is 0 Å². The van der Waals surface area contributed by atoms with E-state index in [4.69, 9.17) is 4.74 Å². The number of benzene rings is 2. The van der Waals surface area contributed by atoms with Crippen molar-refractivity contribution in [3.05, 3.63) is 45.0 Å². The number of phenols is 4. The zero-order chi connectivity index (χ0) is 26.1. The molecule has 35 heavy (non-hydrogen) atoms. The van der Waals surface area contributed by atoms with Crippen molar-refractivity contribution in [1.29, 1.82) is 0 Å². The summed E-state index contributed by atoms with van der Waals surface area (Å²) in [5.74, 6) is -8.24. The number of aromatic carboxylic acids is 1. The van der Waals surface area contributed by atoms with Gasteiger partial charge in [-0.3, -0.25) is 9.59 Å². The summed E-state index contributed by atoms with van der Waals surface area (Å²) in [7, 11) is 0. The van der Waals surface area contributed by atoms with Crippen molar-refractivity contribution in [3.8, 4) is 23.0 Å². The fourth-order valence-corrected chi connectivity index (χ4v) is 4.58. The quantitative estimate of drug-likeness (QED) is 0.154. The Hall–Kier alpha value is -3.75. The van der Waals surface area contributed by atoms with Gasteiger partial charge in [0.2, 0.25) is 0 Å². The first-order valence-corrected chi connectivity index (χ1v) is 10.2. The Morgan fingerprint density at radius 3 is 2.06 bits per heavy atom. The largest absolute Gasteiger partial charge is 0.507 e. The summed E-state index contributed by atoms with van der Waals surface area (Å²) < 4.78 is 5.30. The third-order valence-corrected chi connectivity index (χ3v) is 6.33. The van der Waals surface area contributed by atoms with E-state index < -0.39 is 111 Å². The summed E-state index contributed by atoms with van der Waals surface area (Å²) in [6.07, 6.45) is -9.12. The highest BCUT2D eigenvalue weighted by atomic mass is 16.5. The number of ketones is 2. The fraction of sp³-hybridized carbons (Fsp3) is 0.318. The number of carboxylic acid groups (broad SMARTS) is 1. The van der Waals surface area contributed by atoms with Crippen LogP contribution in [0.1, 0.15) is 59.4 Å². The SMILES string of the molecule is Cc1c(C(=O)O)c(O)cc2c1C(=O)c1c(O)c(C3OC(CO)[C@@H](O)[C@@H](O)C3O)c(O)c(O)c1C2=O. The van der Waals surface area contributed by atoms with Crippen molar-refractivity contribution >= 4 is 17.5 Å². The highest BCUT2D eigenvalue weighted by Crippen LogP contribution is 2.52. The minimum absolute atomic E-state index is 0.308. The molecule has 1 aliphatic heterocycles. The molecule has 186 valence electrons. The lowest BCUT2D eigenvalue weighted by Crippen LogP contribution is -2.55. The molecule has 0 bridgehead atoms. The van der Waals surface area contributed by atoms with Crippen molar-refractivity contribution in [1.82, 2.24) is 0 Å². The van der Waals surface area contributed by atoms with Gasteiger partial charge in [-0.15, -0.1) is 0 Å². The van der Waals surface area contributed by atoms with Crippen LogP contribution in [0.3, 0.4) is 0 Å². The maximum atomic E-state index is 13.4. The standard InChI is InChI=1S/C22H20O13/c1-4-8-5(2-6(24)9(4)22(33)34)13(25)10-11(15(8)27)16(28)12(18(30)17(10)29)21-20(32)19(31)14(26)7(3-23)35-21/h2,7,14,19-21,23-24,26,28-32H,3H2,1H3,(H,33,34)/t7?,14-,19-,20?,21?/m1/s1. The molecule has 1 fully saturated rings. The molecule has 9 N–H and O–H groups in total. The molecule has 2 aromatic carbocycles. The van der Waals surface area contributed by atoms with Crippen LogP contribution in [-0.2, 0) is 4.74 Å². The van der Waals surface area contributed by atoms with Crippen LogP contribution >= 0.6 is 0 Å². The molecule has 0 saturated carbocycles. The Labute approximate surface area is 195 Å². The Morgan fingerprint density at radius 2 is 1.49 bits per heavy atom. The highest BCUT2D eigenvalue weighted by molar-refractivity contribution is 6.31. The van der Waals surface area contributed by atoms with Crippen LogP contribution in [0, 0.1) is 6.92 Å². The Bertz CT molecular complexity index is 1300. The molecule has 2 aromatic rings. The van der Waals surface area contributed by atoms with Crippen molar-refractivity contribution in [2.24, 2.45) is 0 Å². The molecule has 13 nitrogen and oxygen atoms in total. The van der Waals surface area contributed by atoms with Gasteiger partial charge >= 0.3 is 5.97 Å². The molecule has 4 rings (SSSR count). The lowest BCUT2D eigenvalue weighted by atomic mass is 9.77. The fourth-order valence-electron chi connectivity index (χ4n) is 4.58. The first-order chi connectivity index (χ1) is 16.3. The monoisotopic (exact) mass is 492 g/mol. The smallest absolute Gasteiger partial charge is 0.339 e. The first-order valence-electron chi connectivity index (χ1n) is 10.2. The average Bonchev–Trinajstić information content (AvgIpc) is 2.79. The predicted molar refractivity (Wildman–Crippen MR) is 111 cm³/mol. The minimum atomic E-state index is -2.03. The molecule has 2 aliphatic rings. The zero-order valence-electron chi connectivity index (χ0n) is 17.8. The number of hydrogen-bond acceptors (Lipinski definition) is 12. The van der Waals surface area contributed by atoms with Gasteiger partial charge in [-0.25, -0.2) is 4.79 Å². The number of rotatable bonds is 3. The van der Waals surface area contributed by atoms with Crippen LogP contribution in [0.25, 0.3) is 0 Å². The number of fused-ring (bicyclic) bond motifs is 2. The topological polar surface area (TPSA) is 243 Å². The molecule has 3 unspecified atom stereocenters. The van der Waals surface area contributed by atoms with E-state index in [2.05, 4.69) is 0 Å². The Kier molecular flexibility index (Phi) is 5.70. The minimum Gasteiger partial charge on any atom is -0.507 e. The second-order valence-electron chi connectivity index (χ2n) is 8.24. The Balaban J connectivity index is 1.99. The number of carbonyl (C=O) groups is 3. The second-order valence-corrected chi connectivity index (χ2v) is 8.24. The molecule has 0 spiro atoms. The van der Waals surface area contributed by atoms with Crippen LogP contribution in [0.2, 0.25) is 0 Å². The molecular weight excluding hydrogens is 472 g/mol. The molecule has 0 amide bonds. The van der Waals surface area contributed by atoms with Crippen LogP contribution in [0.4, 0.5) is 0 Å². The van der Waals surface area contributed by atoms with Gasteiger partial charge < -0.3 is 50.7 Å². The van der Waals surface area contributed by atoms with E-state index in [0.717, 1.165) is 6.92 Å². The molecule has 1 heterocycles. The lowest BCUT2D eigenvalue weighted by molar-refractivity contribution is -0.232. The number of hydrogen-bond donors (Lipinski definition) is 9. The van der Waals surface area contributed by atoms with Crippen LogP contribution in [-0.4, -0.2) is 94.5 Å². The number of ether oxygens (including phenoxy) is 1.